The summed E-state index contributed by atoms with van der Waals surface area (Å²) in [5, 5.41) is 24.1. The number of carbonyl (C=O) groups excluding carboxylic acids is 1. The van der Waals surface area contributed by atoms with E-state index < -0.39 is 10.8 Å². The normalized spacial score (nSPS) is 11.4. The lowest BCUT2D eigenvalue weighted by Gasteiger charge is -2.02. The second-order valence-corrected chi connectivity index (χ2v) is 6.67. The first-order valence-electron chi connectivity index (χ1n) is 9.15. The van der Waals surface area contributed by atoms with Gasteiger partial charge in [0.05, 0.1) is 16.3 Å². The number of fused-ring (bicyclic) bond motifs is 1. The van der Waals surface area contributed by atoms with Gasteiger partial charge in [-0.15, -0.1) is 0 Å². The van der Waals surface area contributed by atoms with Gasteiger partial charge < -0.3 is 0 Å². The highest BCUT2D eigenvalue weighted by Crippen LogP contribution is 2.23. The molecule has 0 aliphatic heterocycles. The highest BCUT2D eigenvalue weighted by Gasteiger charge is 2.12. The van der Waals surface area contributed by atoms with E-state index in [0.717, 1.165) is 16.3 Å². The molecule has 0 fully saturated rings. The third-order valence-corrected chi connectivity index (χ3v) is 4.67. The molecule has 30 heavy (non-hydrogen) atoms. The molecule has 0 unspecified atom stereocenters. The van der Waals surface area contributed by atoms with Crippen LogP contribution in [0.15, 0.2) is 77.9 Å². The number of aromatic amines is 1. The van der Waals surface area contributed by atoms with Gasteiger partial charge in [-0.3, -0.25) is 20.0 Å². The first kappa shape index (κ1) is 19.0. The van der Waals surface area contributed by atoms with E-state index in [4.69, 9.17) is 0 Å². The summed E-state index contributed by atoms with van der Waals surface area (Å²) in [5.41, 5.74) is 5.19. The summed E-state index contributed by atoms with van der Waals surface area (Å²) in [6, 6.07) is 21.7. The van der Waals surface area contributed by atoms with Gasteiger partial charge in [-0.25, -0.2) is 5.43 Å². The Morgan fingerprint density at radius 3 is 2.63 bits per heavy atom. The Labute approximate surface area is 171 Å². The van der Waals surface area contributed by atoms with Crippen molar-refractivity contribution in [2.45, 2.75) is 6.92 Å². The average Bonchev–Trinajstić information content (AvgIpc) is 3.27. The maximum Gasteiger partial charge on any atom is 0.289 e. The summed E-state index contributed by atoms with van der Waals surface area (Å²) in [6.45, 7) is 1.66. The van der Waals surface area contributed by atoms with Crippen molar-refractivity contribution in [3.05, 3.63) is 94.2 Å². The molecule has 148 valence electrons. The number of amides is 1. The lowest BCUT2D eigenvalue weighted by Crippen LogP contribution is -2.19. The molecule has 0 spiro atoms. The van der Waals surface area contributed by atoms with Crippen LogP contribution in [0.25, 0.3) is 22.0 Å². The van der Waals surface area contributed by atoms with E-state index in [9.17, 15) is 14.9 Å². The van der Waals surface area contributed by atoms with E-state index in [0.29, 0.717) is 17.0 Å². The Kier molecular flexibility index (Phi) is 5.04. The van der Waals surface area contributed by atoms with Gasteiger partial charge in [0.15, 0.2) is 0 Å². The summed E-state index contributed by atoms with van der Waals surface area (Å²) in [7, 11) is 0. The van der Waals surface area contributed by atoms with Crippen molar-refractivity contribution in [3.63, 3.8) is 0 Å². The predicted molar refractivity (Wildman–Crippen MR) is 114 cm³/mol. The third-order valence-electron chi connectivity index (χ3n) is 4.67. The van der Waals surface area contributed by atoms with Gasteiger partial charge >= 0.3 is 0 Å². The molecule has 0 saturated carbocycles. The molecule has 4 rings (SSSR count). The van der Waals surface area contributed by atoms with E-state index in [2.05, 4.69) is 20.7 Å². The Morgan fingerprint density at radius 2 is 1.83 bits per heavy atom. The standard InChI is InChI=1S/C22H17N5O3/c1-14(16-7-4-8-19(12-16)27(29)30)23-26-22(28)21-13-20(24-25-21)18-10-9-15-5-2-3-6-17(15)11-18/h2-13H,1H3,(H,24,25)(H,26,28)/b23-14-. The molecule has 4 aromatic rings. The number of nitrogens with zero attached hydrogens (tertiary/aromatic N) is 3. The van der Waals surface area contributed by atoms with Crippen LogP contribution in [0.1, 0.15) is 23.0 Å². The van der Waals surface area contributed by atoms with Gasteiger partial charge in [0, 0.05) is 23.3 Å². The third kappa shape index (κ3) is 3.93. The van der Waals surface area contributed by atoms with Crippen molar-refractivity contribution in [1.29, 1.82) is 0 Å². The van der Waals surface area contributed by atoms with E-state index in [-0.39, 0.29) is 11.4 Å². The summed E-state index contributed by atoms with van der Waals surface area (Å²) in [5.74, 6) is -0.459. The first-order valence-corrected chi connectivity index (χ1v) is 9.15. The molecule has 8 heteroatoms. The number of benzene rings is 3. The van der Waals surface area contributed by atoms with Crippen molar-refractivity contribution in [1.82, 2.24) is 15.6 Å². The lowest BCUT2D eigenvalue weighted by atomic mass is 10.1. The Hall–Kier alpha value is -4.33. The number of non-ortho nitro benzene ring substituents is 1. The van der Waals surface area contributed by atoms with Crippen LogP contribution in [0.3, 0.4) is 0 Å². The molecule has 0 saturated heterocycles. The van der Waals surface area contributed by atoms with Crippen LogP contribution in [0.4, 0.5) is 5.69 Å². The largest absolute Gasteiger partial charge is 0.289 e. The summed E-state index contributed by atoms with van der Waals surface area (Å²) >= 11 is 0. The number of hydrogen-bond donors (Lipinski definition) is 2. The molecule has 2 N–H and O–H groups in total. The summed E-state index contributed by atoms with van der Waals surface area (Å²) in [4.78, 5) is 22.8. The van der Waals surface area contributed by atoms with Crippen molar-refractivity contribution in [2.75, 3.05) is 0 Å². The fraction of sp³-hybridized carbons (Fsp3) is 0.0455. The highest BCUT2D eigenvalue weighted by molar-refractivity contribution is 6.01. The lowest BCUT2D eigenvalue weighted by molar-refractivity contribution is -0.384. The molecular weight excluding hydrogens is 382 g/mol. The van der Waals surface area contributed by atoms with Crippen LogP contribution in [0.5, 0.6) is 0 Å². The number of carbonyl (C=O) groups is 1. The first-order chi connectivity index (χ1) is 14.5. The SMILES string of the molecule is C/C(=N/NC(=O)c1cc(-c2ccc3ccccc3c2)n[nH]1)c1cccc([N+](=O)[O-])c1. The van der Waals surface area contributed by atoms with Gasteiger partial charge in [0.2, 0.25) is 0 Å². The average molecular weight is 399 g/mol. The fourth-order valence-electron chi connectivity index (χ4n) is 3.04. The molecule has 1 heterocycles. The van der Waals surface area contributed by atoms with Crippen molar-refractivity contribution in [2.24, 2.45) is 5.10 Å². The number of nitro groups is 1. The second kappa shape index (κ2) is 7.96. The Bertz CT molecular complexity index is 1290. The van der Waals surface area contributed by atoms with Gasteiger partial charge in [-0.2, -0.15) is 10.2 Å². The molecule has 0 atom stereocenters. The Balaban J connectivity index is 1.50. The molecular formula is C22H17N5O3. The van der Waals surface area contributed by atoms with Crippen molar-refractivity contribution >= 4 is 28.1 Å². The molecule has 0 bridgehead atoms. The topological polar surface area (TPSA) is 113 Å². The van der Waals surface area contributed by atoms with Crippen LogP contribution >= 0.6 is 0 Å². The predicted octanol–water partition coefficient (Wildman–Crippen LogP) is 4.29. The zero-order valence-corrected chi connectivity index (χ0v) is 16.0. The molecule has 0 radical (unpaired) electrons. The zero-order valence-electron chi connectivity index (χ0n) is 16.0. The molecule has 1 amide bonds. The van der Waals surface area contributed by atoms with Gasteiger partial charge in [-0.05, 0) is 29.8 Å². The van der Waals surface area contributed by atoms with E-state index >= 15 is 0 Å². The number of hydrogen-bond acceptors (Lipinski definition) is 5. The fourth-order valence-corrected chi connectivity index (χ4v) is 3.04. The van der Waals surface area contributed by atoms with Crippen LogP contribution in [0, 0.1) is 10.1 Å². The van der Waals surface area contributed by atoms with E-state index in [1.165, 1.54) is 12.1 Å². The number of H-pyrrole nitrogens is 1. The Morgan fingerprint density at radius 1 is 1.03 bits per heavy atom. The molecule has 0 aliphatic carbocycles. The van der Waals surface area contributed by atoms with Crippen LogP contribution < -0.4 is 5.43 Å². The molecule has 8 nitrogen and oxygen atoms in total. The number of nitro benzene ring substituents is 1. The maximum atomic E-state index is 12.4. The summed E-state index contributed by atoms with van der Waals surface area (Å²) in [6.07, 6.45) is 0. The quantitative estimate of drug-likeness (QED) is 0.296. The van der Waals surface area contributed by atoms with Gasteiger partial charge in [-0.1, -0.05) is 48.5 Å². The number of nitrogens with one attached hydrogen (secondary N) is 2. The van der Waals surface area contributed by atoms with Crippen LogP contribution in [-0.4, -0.2) is 26.7 Å². The molecule has 1 aromatic heterocycles. The number of hydrazone groups is 1. The molecule has 3 aromatic carbocycles. The van der Waals surface area contributed by atoms with Gasteiger partial charge in [0.1, 0.15) is 5.69 Å². The number of rotatable bonds is 5. The minimum atomic E-state index is -0.478. The summed E-state index contributed by atoms with van der Waals surface area (Å²) < 4.78 is 0. The monoisotopic (exact) mass is 399 g/mol. The van der Waals surface area contributed by atoms with Crippen LogP contribution in [-0.2, 0) is 0 Å². The maximum absolute atomic E-state index is 12.4. The van der Waals surface area contributed by atoms with Gasteiger partial charge in [0.25, 0.3) is 11.6 Å². The van der Waals surface area contributed by atoms with E-state index in [1.54, 1.807) is 25.1 Å². The second-order valence-electron chi connectivity index (χ2n) is 6.67. The zero-order chi connectivity index (χ0) is 21.1. The number of aromatic nitrogens is 2. The van der Waals surface area contributed by atoms with Crippen molar-refractivity contribution in [3.8, 4) is 11.3 Å². The highest BCUT2D eigenvalue weighted by atomic mass is 16.6. The smallest absolute Gasteiger partial charge is 0.272 e. The van der Waals surface area contributed by atoms with Crippen molar-refractivity contribution < 1.29 is 9.72 Å². The van der Waals surface area contributed by atoms with Crippen LogP contribution in [0.2, 0.25) is 0 Å². The van der Waals surface area contributed by atoms with E-state index in [1.807, 2.05) is 42.5 Å². The minimum absolute atomic E-state index is 0.0398. The molecule has 0 aliphatic rings. The minimum Gasteiger partial charge on any atom is -0.272 e.